The smallest absolute Gasteiger partial charge is 0.405 e. The Morgan fingerprint density at radius 3 is 2.75 bits per heavy atom. The first kappa shape index (κ1) is 23.8. The molecule has 2 N–H and O–H groups in total. The standard InChI is InChI=1S/C25H25F3N6O2/c1-3-34-21(11-15-7-9-19-18(12-30-32-19)22(15)14-4-5-14)31-23(33-34)16-6-8-17(20(10-16)36-2)24(35)29-13-25(26,27)28/h6-10,12,14H,3-5,11,13H2,1-2H3,(H,29,35)(H,30,32). The molecule has 0 spiro atoms. The number of aromatic amines is 1. The van der Waals surface area contributed by atoms with Crippen LogP contribution in [0, 0.1) is 0 Å². The quantitative estimate of drug-likeness (QED) is 0.370. The summed E-state index contributed by atoms with van der Waals surface area (Å²) in [5.74, 6) is 1.04. The van der Waals surface area contributed by atoms with Gasteiger partial charge in [0.1, 0.15) is 18.1 Å². The number of ether oxygens (including phenoxy) is 1. The minimum absolute atomic E-state index is 0.00291. The van der Waals surface area contributed by atoms with Gasteiger partial charge in [-0.3, -0.25) is 9.89 Å². The summed E-state index contributed by atoms with van der Waals surface area (Å²) in [5.41, 5.74) is 4.12. The Kier molecular flexibility index (Phi) is 6.15. The number of amides is 1. The van der Waals surface area contributed by atoms with Crippen LogP contribution in [0.3, 0.4) is 0 Å². The molecule has 2 aromatic carbocycles. The third-order valence-corrected chi connectivity index (χ3v) is 6.29. The Hall–Kier alpha value is -3.89. The maximum Gasteiger partial charge on any atom is 0.405 e. The van der Waals surface area contributed by atoms with E-state index in [1.807, 2.05) is 29.2 Å². The van der Waals surface area contributed by atoms with E-state index < -0.39 is 18.6 Å². The van der Waals surface area contributed by atoms with Crippen molar-refractivity contribution in [2.75, 3.05) is 13.7 Å². The first-order chi connectivity index (χ1) is 17.3. The number of methoxy groups -OCH3 is 1. The van der Waals surface area contributed by atoms with Crippen LogP contribution in [-0.2, 0) is 13.0 Å². The van der Waals surface area contributed by atoms with Gasteiger partial charge in [0.15, 0.2) is 5.82 Å². The van der Waals surface area contributed by atoms with Crippen molar-refractivity contribution in [2.24, 2.45) is 0 Å². The van der Waals surface area contributed by atoms with Gasteiger partial charge in [0.05, 0.1) is 24.4 Å². The van der Waals surface area contributed by atoms with Crippen molar-refractivity contribution < 1.29 is 22.7 Å². The van der Waals surface area contributed by atoms with Crippen molar-refractivity contribution in [1.29, 1.82) is 0 Å². The van der Waals surface area contributed by atoms with Crippen LogP contribution in [0.15, 0.2) is 36.5 Å². The lowest BCUT2D eigenvalue weighted by Crippen LogP contribution is -2.33. The molecule has 5 rings (SSSR count). The second kappa shape index (κ2) is 9.29. The van der Waals surface area contributed by atoms with Gasteiger partial charge in [-0.25, -0.2) is 9.67 Å². The summed E-state index contributed by atoms with van der Waals surface area (Å²) in [6, 6.07) is 8.74. The zero-order chi connectivity index (χ0) is 25.4. The van der Waals surface area contributed by atoms with Gasteiger partial charge in [-0.2, -0.15) is 23.4 Å². The zero-order valence-corrected chi connectivity index (χ0v) is 19.8. The average molecular weight is 499 g/mol. The fourth-order valence-corrected chi connectivity index (χ4v) is 4.44. The minimum atomic E-state index is -4.50. The van der Waals surface area contributed by atoms with Crippen LogP contribution < -0.4 is 10.1 Å². The molecule has 1 aliphatic carbocycles. The van der Waals surface area contributed by atoms with Crippen molar-refractivity contribution in [3.63, 3.8) is 0 Å². The first-order valence-electron chi connectivity index (χ1n) is 11.7. The number of rotatable bonds is 8. The number of nitrogens with one attached hydrogen (secondary N) is 2. The highest BCUT2D eigenvalue weighted by Crippen LogP contribution is 2.45. The minimum Gasteiger partial charge on any atom is -0.496 e. The molecule has 0 saturated heterocycles. The monoisotopic (exact) mass is 498 g/mol. The van der Waals surface area contributed by atoms with Crippen LogP contribution in [0.1, 0.15) is 53.0 Å². The Balaban J connectivity index is 1.44. The highest BCUT2D eigenvalue weighted by molar-refractivity contribution is 5.97. The van der Waals surface area contributed by atoms with Crippen LogP contribution in [-0.4, -0.2) is 50.7 Å². The molecule has 188 valence electrons. The van der Waals surface area contributed by atoms with Crippen LogP contribution in [0.2, 0.25) is 0 Å². The normalized spacial score (nSPS) is 13.8. The lowest BCUT2D eigenvalue weighted by Gasteiger charge is -2.11. The molecule has 0 radical (unpaired) electrons. The van der Waals surface area contributed by atoms with Gasteiger partial charge >= 0.3 is 6.18 Å². The van der Waals surface area contributed by atoms with Crippen LogP contribution >= 0.6 is 0 Å². The van der Waals surface area contributed by atoms with Gasteiger partial charge in [-0.15, -0.1) is 0 Å². The molecule has 4 aromatic rings. The zero-order valence-electron chi connectivity index (χ0n) is 19.8. The molecule has 1 saturated carbocycles. The molecule has 1 aliphatic rings. The Morgan fingerprint density at radius 2 is 2.06 bits per heavy atom. The molecule has 36 heavy (non-hydrogen) atoms. The van der Waals surface area contributed by atoms with Crippen molar-refractivity contribution in [3.8, 4) is 17.1 Å². The number of H-pyrrole nitrogens is 1. The predicted molar refractivity (Wildman–Crippen MR) is 127 cm³/mol. The number of aryl methyl sites for hydroxylation is 1. The van der Waals surface area contributed by atoms with Crippen LogP contribution in [0.25, 0.3) is 22.3 Å². The summed E-state index contributed by atoms with van der Waals surface area (Å²) in [5, 5.41) is 14.9. The van der Waals surface area contributed by atoms with Crippen LogP contribution in [0.5, 0.6) is 5.75 Å². The Labute approximate surface area is 204 Å². The van der Waals surface area contributed by atoms with Crippen molar-refractivity contribution in [3.05, 3.63) is 59.0 Å². The largest absolute Gasteiger partial charge is 0.496 e. The lowest BCUT2D eigenvalue weighted by atomic mass is 9.96. The summed E-state index contributed by atoms with van der Waals surface area (Å²) < 4.78 is 44.6. The number of fused-ring (bicyclic) bond motifs is 1. The van der Waals surface area contributed by atoms with Crippen molar-refractivity contribution >= 4 is 16.8 Å². The molecule has 8 nitrogen and oxygen atoms in total. The summed E-state index contributed by atoms with van der Waals surface area (Å²) >= 11 is 0. The van der Waals surface area contributed by atoms with Crippen molar-refractivity contribution in [1.82, 2.24) is 30.3 Å². The van der Waals surface area contributed by atoms with E-state index in [0.29, 0.717) is 30.3 Å². The fourth-order valence-electron chi connectivity index (χ4n) is 4.44. The van der Waals surface area contributed by atoms with E-state index in [1.165, 1.54) is 24.3 Å². The highest BCUT2D eigenvalue weighted by atomic mass is 19.4. The fraction of sp³-hybridized carbons (Fsp3) is 0.360. The van der Waals surface area contributed by atoms with E-state index in [1.54, 1.807) is 12.1 Å². The number of hydrogen-bond donors (Lipinski definition) is 2. The molecular weight excluding hydrogens is 473 g/mol. The third kappa shape index (κ3) is 4.77. The molecule has 0 atom stereocenters. The van der Waals surface area contributed by atoms with Gasteiger partial charge in [-0.1, -0.05) is 12.1 Å². The number of halogens is 3. The number of carbonyl (C=O) groups is 1. The molecule has 2 aromatic heterocycles. The van der Waals surface area contributed by atoms with Gasteiger partial charge in [0.25, 0.3) is 5.91 Å². The van der Waals surface area contributed by atoms with Gasteiger partial charge in [-0.05, 0) is 55.0 Å². The summed E-state index contributed by atoms with van der Waals surface area (Å²) in [7, 11) is 1.36. The molecule has 11 heteroatoms. The van der Waals surface area contributed by atoms with Crippen molar-refractivity contribution in [2.45, 2.75) is 44.8 Å². The predicted octanol–water partition coefficient (Wildman–Crippen LogP) is 4.61. The van der Waals surface area contributed by atoms with Gasteiger partial charge in [0.2, 0.25) is 0 Å². The Bertz CT molecular complexity index is 1420. The summed E-state index contributed by atoms with van der Waals surface area (Å²) in [4.78, 5) is 17.0. The van der Waals surface area contributed by atoms with E-state index in [-0.39, 0.29) is 11.3 Å². The molecule has 1 fully saturated rings. The summed E-state index contributed by atoms with van der Waals surface area (Å²) in [6.07, 6.45) is 0.291. The maximum absolute atomic E-state index is 12.5. The SMILES string of the molecule is CCn1nc(-c2ccc(C(=O)NCC(F)(F)F)c(OC)c2)nc1Cc1ccc2[nH]ncc2c1C1CC1. The van der Waals surface area contributed by atoms with E-state index >= 15 is 0 Å². The van der Waals surface area contributed by atoms with E-state index in [2.05, 4.69) is 21.4 Å². The number of aromatic nitrogens is 5. The van der Waals surface area contributed by atoms with E-state index in [0.717, 1.165) is 29.6 Å². The third-order valence-electron chi connectivity index (χ3n) is 6.29. The maximum atomic E-state index is 12.5. The lowest BCUT2D eigenvalue weighted by molar-refractivity contribution is -0.123. The molecule has 0 bridgehead atoms. The molecule has 1 amide bonds. The summed E-state index contributed by atoms with van der Waals surface area (Å²) in [6.45, 7) is 1.18. The second-order valence-electron chi connectivity index (χ2n) is 8.80. The number of nitrogens with zero attached hydrogens (tertiary/aromatic N) is 4. The van der Waals surface area contributed by atoms with Crippen LogP contribution in [0.4, 0.5) is 13.2 Å². The number of benzene rings is 2. The average Bonchev–Trinajstić information content (AvgIpc) is 3.43. The molecular formula is C25H25F3N6O2. The number of carbonyl (C=O) groups excluding carboxylic acids is 1. The highest BCUT2D eigenvalue weighted by Gasteiger charge is 2.30. The second-order valence-corrected chi connectivity index (χ2v) is 8.80. The molecule has 0 aliphatic heterocycles. The first-order valence-corrected chi connectivity index (χ1v) is 11.7. The topological polar surface area (TPSA) is 97.7 Å². The van der Waals surface area contributed by atoms with Gasteiger partial charge < -0.3 is 10.1 Å². The molecule has 2 heterocycles. The van der Waals surface area contributed by atoms with E-state index in [4.69, 9.17) is 9.72 Å². The van der Waals surface area contributed by atoms with Gasteiger partial charge in [0, 0.05) is 23.9 Å². The molecule has 0 unspecified atom stereocenters. The van der Waals surface area contributed by atoms with E-state index in [9.17, 15) is 18.0 Å². The Morgan fingerprint density at radius 1 is 1.25 bits per heavy atom. The number of alkyl halides is 3. The number of hydrogen-bond acceptors (Lipinski definition) is 5.